The second-order valence-corrected chi connectivity index (χ2v) is 7.44. The summed E-state index contributed by atoms with van der Waals surface area (Å²) in [5.74, 6) is -0.787. The van der Waals surface area contributed by atoms with Crippen LogP contribution in [0, 0.1) is 11.7 Å². The van der Waals surface area contributed by atoms with Gasteiger partial charge in [0, 0.05) is 6.54 Å². The lowest BCUT2D eigenvalue weighted by Gasteiger charge is -2.39. The van der Waals surface area contributed by atoms with E-state index in [1.165, 1.54) is 12.1 Å². The second-order valence-electron chi connectivity index (χ2n) is 7.44. The number of nitrogens with zero attached hydrogens (tertiary/aromatic N) is 1. The fourth-order valence-corrected chi connectivity index (χ4v) is 3.95. The van der Waals surface area contributed by atoms with Crippen molar-refractivity contribution < 1.29 is 18.4 Å². The first-order valence-corrected chi connectivity index (χ1v) is 10.0. The third kappa shape index (κ3) is 4.27. The maximum absolute atomic E-state index is 14.3. The van der Waals surface area contributed by atoms with Crippen molar-refractivity contribution in [2.24, 2.45) is 5.92 Å². The predicted octanol–water partition coefficient (Wildman–Crippen LogP) is 4.33. The van der Waals surface area contributed by atoms with E-state index >= 15 is 0 Å². The normalized spacial score (nSPS) is 18.8. The van der Waals surface area contributed by atoms with E-state index in [1.807, 2.05) is 30.3 Å². The highest BCUT2D eigenvalue weighted by atomic mass is 19.1. The van der Waals surface area contributed by atoms with Gasteiger partial charge in [-0.15, -0.1) is 0 Å². The van der Waals surface area contributed by atoms with Crippen LogP contribution in [0.3, 0.4) is 0 Å². The van der Waals surface area contributed by atoms with Gasteiger partial charge in [-0.3, -0.25) is 9.59 Å². The average molecular weight is 406 g/mol. The minimum Gasteiger partial charge on any atom is -0.467 e. The van der Waals surface area contributed by atoms with E-state index < -0.39 is 11.7 Å². The molecule has 3 aromatic rings. The van der Waals surface area contributed by atoms with Gasteiger partial charge in [0.05, 0.1) is 30.3 Å². The number of hydrogen-bond donors (Lipinski definition) is 1. The Hall–Kier alpha value is -3.41. The van der Waals surface area contributed by atoms with Crippen molar-refractivity contribution in [1.29, 1.82) is 0 Å². The number of nitrogens with one attached hydrogen (secondary N) is 1. The largest absolute Gasteiger partial charge is 0.467 e. The minimum absolute atomic E-state index is 0.0232. The fourth-order valence-electron chi connectivity index (χ4n) is 3.95. The molecule has 0 aliphatic carbocycles. The first-order valence-electron chi connectivity index (χ1n) is 10.0. The Morgan fingerprint density at radius 1 is 1.00 bits per heavy atom. The first kappa shape index (κ1) is 19.9. The van der Waals surface area contributed by atoms with Gasteiger partial charge in [-0.1, -0.05) is 42.5 Å². The van der Waals surface area contributed by atoms with Crippen molar-refractivity contribution in [2.45, 2.75) is 25.4 Å². The molecule has 1 N–H and O–H groups in total. The van der Waals surface area contributed by atoms with E-state index in [4.69, 9.17) is 4.42 Å². The highest BCUT2D eigenvalue weighted by Crippen LogP contribution is 2.35. The summed E-state index contributed by atoms with van der Waals surface area (Å²) < 4.78 is 19.6. The van der Waals surface area contributed by atoms with Gasteiger partial charge in [-0.05, 0) is 42.7 Å². The van der Waals surface area contributed by atoms with Crippen molar-refractivity contribution in [3.8, 4) is 0 Å². The van der Waals surface area contributed by atoms with E-state index in [1.54, 1.807) is 35.4 Å². The van der Waals surface area contributed by atoms with Crippen LogP contribution < -0.4 is 5.32 Å². The van der Waals surface area contributed by atoms with Crippen molar-refractivity contribution in [3.05, 3.63) is 95.7 Å². The number of hydrogen-bond acceptors (Lipinski definition) is 3. The van der Waals surface area contributed by atoms with Crippen molar-refractivity contribution >= 4 is 11.8 Å². The molecule has 2 atom stereocenters. The Morgan fingerprint density at radius 3 is 2.50 bits per heavy atom. The van der Waals surface area contributed by atoms with Gasteiger partial charge >= 0.3 is 0 Å². The molecule has 0 unspecified atom stereocenters. The van der Waals surface area contributed by atoms with E-state index in [0.29, 0.717) is 25.1 Å². The molecule has 0 spiro atoms. The molecule has 0 bridgehead atoms. The van der Waals surface area contributed by atoms with Crippen molar-refractivity contribution in [1.82, 2.24) is 10.2 Å². The number of rotatable bonds is 5. The first-order chi connectivity index (χ1) is 14.6. The Kier molecular flexibility index (Phi) is 5.93. The lowest BCUT2D eigenvalue weighted by molar-refractivity contribution is -0.127. The molecular weight excluding hydrogens is 383 g/mol. The molecule has 5 nitrogen and oxygen atoms in total. The van der Waals surface area contributed by atoms with Gasteiger partial charge in [-0.2, -0.15) is 0 Å². The zero-order valence-electron chi connectivity index (χ0n) is 16.5. The van der Waals surface area contributed by atoms with Gasteiger partial charge in [-0.25, -0.2) is 4.39 Å². The monoisotopic (exact) mass is 406 g/mol. The second kappa shape index (κ2) is 8.95. The van der Waals surface area contributed by atoms with Crippen LogP contribution >= 0.6 is 0 Å². The molecule has 1 saturated heterocycles. The summed E-state index contributed by atoms with van der Waals surface area (Å²) in [5, 5.41) is 2.88. The summed E-state index contributed by atoms with van der Waals surface area (Å²) in [6, 6.07) is 19.0. The Morgan fingerprint density at radius 2 is 1.77 bits per heavy atom. The van der Waals surface area contributed by atoms with E-state index in [2.05, 4.69) is 5.32 Å². The van der Waals surface area contributed by atoms with Gasteiger partial charge in [0.1, 0.15) is 11.6 Å². The lowest BCUT2D eigenvalue weighted by Crippen LogP contribution is -2.47. The van der Waals surface area contributed by atoms with E-state index in [9.17, 15) is 14.0 Å². The third-order valence-electron chi connectivity index (χ3n) is 5.52. The number of halogens is 1. The number of furan rings is 1. The number of benzene rings is 2. The van der Waals surface area contributed by atoms with Crippen LogP contribution in [0.15, 0.2) is 77.4 Å². The van der Waals surface area contributed by atoms with Crippen LogP contribution in [-0.4, -0.2) is 23.3 Å². The topological polar surface area (TPSA) is 62.6 Å². The summed E-state index contributed by atoms with van der Waals surface area (Å²) in [6.07, 6.45) is 2.83. The van der Waals surface area contributed by atoms with E-state index in [-0.39, 0.29) is 30.0 Å². The number of amides is 2. The van der Waals surface area contributed by atoms with Crippen LogP contribution in [0.5, 0.6) is 0 Å². The third-order valence-corrected chi connectivity index (χ3v) is 5.52. The SMILES string of the molecule is O=C(NCc1ccco1)[C@H]1CC[C@H](c2ccccc2)N(C(=O)c2ccccc2F)C1. The average Bonchev–Trinajstić information content (AvgIpc) is 3.31. The van der Waals surface area contributed by atoms with Gasteiger partial charge in [0.25, 0.3) is 5.91 Å². The Bertz CT molecular complexity index is 1000. The number of piperidine rings is 1. The van der Waals surface area contributed by atoms with Gasteiger partial charge < -0.3 is 14.6 Å². The molecule has 2 heterocycles. The minimum atomic E-state index is -0.557. The van der Waals surface area contributed by atoms with Crippen molar-refractivity contribution in [3.63, 3.8) is 0 Å². The molecule has 1 aromatic heterocycles. The van der Waals surface area contributed by atoms with Crippen LogP contribution in [0.2, 0.25) is 0 Å². The quantitative estimate of drug-likeness (QED) is 0.686. The molecular formula is C24H23FN2O3. The van der Waals surface area contributed by atoms with Crippen LogP contribution in [-0.2, 0) is 11.3 Å². The molecule has 0 saturated carbocycles. The zero-order chi connectivity index (χ0) is 20.9. The Labute approximate surface area is 174 Å². The summed E-state index contributed by atoms with van der Waals surface area (Å²) in [5.41, 5.74) is 1.01. The van der Waals surface area contributed by atoms with Crippen LogP contribution in [0.4, 0.5) is 4.39 Å². The number of likely N-dealkylation sites (tertiary alicyclic amines) is 1. The smallest absolute Gasteiger partial charge is 0.257 e. The summed E-state index contributed by atoms with van der Waals surface area (Å²) >= 11 is 0. The standard InChI is InChI=1S/C24H23FN2O3/c25-21-11-5-4-10-20(21)24(29)27-16-18(23(28)26-15-19-9-6-14-30-19)12-13-22(27)17-7-2-1-3-8-17/h1-11,14,18,22H,12-13,15-16H2,(H,26,28)/t18-,22+/m0/s1. The predicted molar refractivity (Wildman–Crippen MR) is 110 cm³/mol. The molecule has 154 valence electrons. The molecule has 4 rings (SSSR count). The molecule has 2 amide bonds. The summed E-state index contributed by atoms with van der Waals surface area (Å²) in [7, 11) is 0. The highest BCUT2D eigenvalue weighted by Gasteiger charge is 2.36. The molecule has 1 aliphatic heterocycles. The molecule has 2 aromatic carbocycles. The zero-order valence-corrected chi connectivity index (χ0v) is 16.5. The summed E-state index contributed by atoms with van der Waals surface area (Å²) in [4.78, 5) is 27.6. The lowest BCUT2D eigenvalue weighted by atomic mass is 9.87. The van der Waals surface area contributed by atoms with Crippen molar-refractivity contribution in [2.75, 3.05) is 6.54 Å². The van der Waals surface area contributed by atoms with Gasteiger partial charge in [0.15, 0.2) is 0 Å². The maximum atomic E-state index is 14.3. The van der Waals surface area contributed by atoms with Crippen LogP contribution in [0.1, 0.15) is 40.6 Å². The van der Waals surface area contributed by atoms with Gasteiger partial charge in [0.2, 0.25) is 5.91 Å². The molecule has 6 heteroatoms. The highest BCUT2D eigenvalue weighted by molar-refractivity contribution is 5.95. The fraction of sp³-hybridized carbons (Fsp3) is 0.250. The number of carbonyl (C=O) groups is 2. The molecule has 0 radical (unpaired) electrons. The number of carbonyl (C=O) groups excluding carboxylic acids is 2. The summed E-state index contributed by atoms with van der Waals surface area (Å²) in [6.45, 7) is 0.530. The molecule has 1 fully saturated rings. The van der Waals surface area contributed by atoms with Crippen LogP contribution in [0.25, 0.3) is 0 Å². The molecule has 30 heavy (non-hydrogen) atoms. The Balaban J connectivity index is 1.55. The molecule has 1 aliphatic rings. The maximum Gasteiger partial charge on any atom is 0.257 e. The van der Waals surface area contributed by atoms with E-state index in [0.717, 1.165) is 5.56 Å².